The quantitative estimate of drug-likeness (QED) is 0.313. The van der Waals surface area contributed by atoms with Crippen LogP contribution in [0.25, 0.3) is 22.3 Å². The van der Waals surface area contributed by atoms with Crippen LogP contribution in [0.2, 0.25) is 10.2 Å². The number of ether oxygens (including phenoxy) is 1. The summed E-state index contributed by atoms with van der Waals surface area (Å²) in [6.45, 7) is 2.04. The Bertz CT molecular complexity index is 1160. The normalized spacial score (nSPS) is 11.1. The SMILES string of the molecule is COc1ccc(Cl)cc1-c1nc(SCc2cc3ccc(C)cc3nc2Cl)n[nH]1. The summed E-state index contributed by atoms with van der Waals surface area (Å²) in [5, 5.41) is 9.99. The first-order chi connectivity index (χ1) is 13.5. The molecule has 0 unspecified atom stereocenters. The minimum absolute atomic E-state index is 0.498. The van der Waals surface area contributed by atoms with Gasteiger partial charge in [-0.1, -0.05) is 47.1 Å². The Morgan fingerprint density at radius 3 is 2.75 bits per heavy atom. The van der Waals surface area contributed by atoms with Gasteiger partial charge in [-0.2, -0.15) is 0 Å². The number of nitrogens with one attached hydrogen (secondary N) is 1. The van der Waals surface area contributed by atoms with Crippen molar-refractivity contribution >= 4 is 45.9 Å². The molecule has 0 aliphatic rings. The number of halogens is 2. The van der Waals surface area contributed by atoms with Crippen LogP contribution in [-0.4, -0.2) is 27.3 Å². The van der Waals surface area contributed by atoms with Gasteiger partial charge in [-0.15, -0.1) is 5.10 Å². The maximum absolute atomic E-state index is 6.38. The van der Waals surface area contributed by atoms with Crippen molar-refractivity contribution in [2.45, 2.75) is 17.8 Å². The highest BCUT2D eigenvalue weighted by molar-refractivity contribution is 7.98. The molecule has 0 amide bonds. The van der Waals surface area contributed by atoms with Gasteiger partial charge in [0.1, 0.15) is 10.9 Å². The van der Waals surface area contributed by atoms with Crippen molar-refractivity contribution in [2.24, 2.45) is 0 Å². The van der Waals surface area contributed by atoms with E-state index in [1.165, 1.54) is 11.8 Å². The van der Waals surface area contributed by atoms with Gasteiger partial charge in [0.05, 0.1) is 18.2 Å². The van der Waals surface area contributed by atoms with Gasteiger partial charge < -0.3 is 4.74 Å². The Morgan fingerprint density at radius 1 is 1.07 bits per heavy atom. The van der Waals surface area contributed by atoms with Gasteiger partial charge in [-0.3, -0.25) is 5.10 Å². The molecule has 8 heteroatoms. The van der Waals surface area contributed by atoms with Gasteiger partial charge in [-0.05, 0) is 42.8 Å². The predicted octanol–water partition coefficient (Wildman–Crippen LogP) is 5.94. The molecule has 5 nitrogen and oxygen atoms in total. The zero-order valence-corrected chi connectivity index (χ0v) is 17.5. The standard InChI is InChI=1S/C20H16Cl2N4OS/c1-11-3-4-12-8-13(18(22)23-16(12)7-11)10-28-20-24-19(25-26-20)15-9-14(21)5-6-17(15)27-2/h3-9H,10H2,1-2H3,(H,24,25,26). The number of methoxy groups -OCH3 is 1. The van der Waals surface area contributed by atoms with Crippen LogP contribution in [0, 0.1) is 6.92 Å². The number of aryl methyl sites for hydroxylation is 1. The molecule has 0 spiro atoms. The van der Waals surface area contributed by atoms with E-state index in [-0.39, 0.29) is 0 Å². The number of benzene rings is 2. The zero-order valence-electron chi connectivity index (χ0n) is 15.2. The second kappa shape index (κ2) is 7.99. The number of hydrogen-bond acceptors (Lipinski definition) is 5. The van der Waals surface area contributed by atoms with Crippen LogP contribution < -0.4 is 4.74 Å². The van der Waals surface area contributed by atoms with Crippen molar-refractivity contribution in [3.05, 3.63) is 63.8 Å². The number of H-pyrrole nitrogens is 1. The van der Waals surface area contributed by atoms with E-state index in [2.05, 4.69) is 38.4 Å². The molecular weight excluding hydrogens is 415 g/mol. The molecule has 0 atom stereocenters. The van der Waals surface area contributed by atoms with Crippen LogP contribution in [0.4, 0.5) is 0 Å². The summed E-state index contributed by atoms with van der Waals surface area (Å²) in [7, 11) is 1.61. The fourth-order valence-electron chi connectivity index (χ4n) is 2.84. The Labute approximate surface area is 176 Å². The fraction of sp³-hybridized carbons (Fsp3) is 0.150. The molecule has 142 valence electrons. The molecule has 2 aromatic carbocycles. The molecule has 0 radical (unpaired) electrons. The molecule has 1 N–H and O–H groups in total. The summed E-state index contributed by atoms with van der Waals surface area (Å²) >= 11 is 14.0. The van der Waals surface area contributed by atoms with E-state index >= 15 is 0 Å². The summed E-state index contributed by atoms with van der Waals surface area (Å²) < 4.78 is 5.38. The van der Waals surface area contributed by atoms with Gasteiger partial charge in [0, 0.05) is 21.7 Å². The highest BCUT2D eigenvalue weighted by Crippen LogP contribution is 2.32. The summed E-state index contributed by atoms with van der Waals surface area (Å²) in [5.41, 5.74) is 3.75. The first-order valence-electron chi connectivity index (χ1n) is 8.48. The molecule has 0 aliphatic carbocycles. The Balaban J connectivity index is 1.55. The Hall–Kier alpha value is -2.28. The third-order valence-electron chi connectivity index (χ3n) is 4.24. The van der Waals surface area contributed by atoms with E-state index in [9.17, 15) is 0 Å². The van der Waals surface area contributed by atoms with Crippen LogP contribution >= 0.6 is 35.0 Å². The average Bonchev–Trinajstić information content (AvgIpc) is 3.15. The van der Waals surface area contributed by atoms with Crippen LogP contribution in [0.15, 0.2) is 47.6 Å². The van der Waals surface area contributed by atoms with E-state index in [4.69, 9.17) is 27.9 Å². The molecule has 0 fully saturated rings. The summed E-state index contributed by atoms with van der Waals surface area (Å²) in [6.07, 6.45) is 0. The molecule has 4 rings (SSSR count). The zero-order chi connectivity index (χ0) is 19.7. The van der Waals surface area contributed by atoms with Crippen molar-refractivity contribution < 1.29 is 4.74 Å². The summed E-state index contributed by atoms with van der Waals surface area (Å²) in [6, 6.07) is 13.6. The van der Waals surface area contributed by atoms with Gasteiger partial charge in [-0.25, -0.2) is 9.97 Å². The molecule has 2 heterocycles. The second-order valence-electron chi connectivity index (χ2n) is 6.23. The Kier molecular flexibility index (Phi) is 5.44. The van der Waals surface area contributed by atoms with Crippen molar-refractivity contribution in [1.82, 2.24) is 20.2 Å². The number of aromatic nitrogens is 4. The molecule has 28 heavy (non-hydrogen) atoms. The third-order valence-corrected chi connectivity index (χ3v) is 5.70. The molecule has 0 bridgehead atoms. The van der Waals surface area contributed by atoms with Gasteiger partial charge in [0.15, 0.2) is 5.82 Å². The van der Waals surface area contributed by atoms with E-state index in [1.54, 1.807) is 25.3 Å². The number of hydrogen-bond donors (Lipinski definition) is 1. The van der Waals surface area contributed by atoms with Crippen LogP contribution in [0.1, 0.15) is 11.1 Å². The first kappa shape index (κ1) is 19.1. The lowest BCUT2D eigenvalue weighted by Gasteiger charge is -2.06. The van der Waals surface area contributed by atoms with Crippen molar-refractivity contribution in [3.8, 4) is 17.1 Å². The number of fused-ring (bicyclic) bond motifs is 1. The number of thioether (sulfide) groups is 1. The maximum Gasteiger partial charge on any atom is 0.209 e. The van der Waals surface area contributed by atoms with Crippen molar-refractivity contribution in [1.29, 1.82) is 0 Å². The number of rotatable bonds is 5. The summed E-state index contributed by atoms with van der Waals surface area (Å²) in [4.78, 5) is 9.05. The fourth-order valence-corrected chi connectivity index (χ4v) is 4.07. The lowest BCUT2D eigenvalue weighted by Crippen LogP contribution is -1.90. The van der Waals surface area contributed by atoms with Gasteiger partial charge in [0.25, 0.3) is 0 Å². The van der Waals surface area contributed by atoms with E-state index in [0.29, 0.717) is 32.7 Å². The topological polar surface area (TPSA) is 63.7 Å². The molecule has 0 aliphatic heterocycles. The largest absolute Gasteiger partial charge is 0.496 e. The van der Waals surface area contributed by atoms with E-state index in [1.807, 2.05) is 13.0 Å². The lowest BCUT2D eigenvalue weighted by molar-refractivity contribution is 0.416. The number of nitrogens with zero attached hydrogens (tertiary/aromatic N) is 3. The van der Waals surface area contributed by atoms with Gasteiger partial charge in [0.2, 0.25) is 5.16 Å². The van der Waals surface area contributed by atoms with Crippen LogP contribution in [0.3, 0.4) is 0 Å². The highest BCUT2D eigenvalue weighted by Gasteiger charge is 2.13. The minimum atomic E-state index is 0.498. The number of aromatic amines is 1. The van der Waals surface area contributed by atoms with Crippen molar-refractivity contribution in [3.63, 3.8) is 0 Å². The second-order valence-corrected chi connectivity index (χ2v) is 7.97. The third kappa shape index (κ3) is 3.94. The lowest BCUT2D eigenvalue weighted by atomic mass is 10.1. The molecular formula is C20H16Cl2N4OS. The summed E-state index contributed by atoms with van der Waals surface area (Å²) in [5.74, 6) is 1.88. The van der Waals surface area contributed by atoms with E-state index in [0.717, 1.165) is 27.6 Å². The molecule has 4 aromatic rings. The predicted molar refractivity (Wildman–Crippen MR) is 114 cm³/mol. The Morgan fingerprint density at radius 2 is 1.93 bits per heavy atom. The monoisotopic (exact) mass is 430 g/mol. The molecule has 0 saturated heterocycles. The van der Waals surface area contributed by atoms with Crippen LogP contribution in [-0.2, 0) is 5.75 Å². The maximum atomic E-state index is 6.38. The molecule has 2 aromatic heterocycles. The van der Waals surface area contributed by atoms with E-state index < -0.39 is 0 Å². The first-order valence-corrected chi connectivity index (χ1v) is 10.2. The van der Waals surface area contributed by atoms with Gasteiger partial charge >= 0.3 is 0 Å². The van der Waals surface area contributed by atoms with Crippen LogP contribution in [0.5, 0.6) is 5.75 Å². The molecule has 0 saturated carbocycles. The number of pyridine rings is 1. The van der Waals surface area contributed by atoms with Crippen molar-refractivity contribution in [2.75, 3.05) is 7.11 Å². The minimum Gasteiger partial charge on any atom is -0.496 e. The highest BCUT2D eigenvalue weighted by atomic mass is 35.5. The smallest absolute Gasteiger partial charge is 0.209 e. The average molecular weight is 431 g/mol.